The molecule has 6 N–H and O–H groups in total. The van der Waals surface area contributed by atoms with E-state index in [0.29, 0.717) is 47.1 Å². The quantitative estimate of drug-likeness (QED) is 0.0278. The van der Waals surface area contributed by atoms with E-state index in [4.69, 9.17) is 55.7 Å². The van der Waals surface area contributed by atoms with Gasteiger partial charge in [-0.15, -0.1) is 11.6 Å². The van der Waals surface area contributed by atoms with E-state index in [1.54, 1.807) is 79.4 Å². The Morgan fingerprint density at radius 1 is 0.516 bits per heavy atom. The molecule has 4 aromatic heterocycles. The number of nitrogens with one attached hydrogen (secondary N) is 1. The number of hydrazone groups is 2. The molecule has 2 aliphatic rings. The number of amides is 3. The van der Waals surface area contributed by atoms with Gasteiger partial charge in [0, 0.05) is 92.7 Å². The van der Waals surface area contributed by atoms with Crippen molar-refractivity contribution >= 4 is 94.1 Å². The fourth-order valence-electron chi connectivity index (χ4n) is 8.06. The summed E-state index contributed by atoms with van der Waals surface area (Å²) in [6.45, 7) is 0. The molecule has 0 radical (unpaired) electrons. The molecule has 17 nitrogen and oxygen atoms in total. The summed E-state index contributed by atoms with van der Waals surface area (Å²) in [6, 6.07) is 38.1. The lowest BCUT2D eigenvalue weighted by atomic mass is 9.80. The van der Waals surface area contributed by atoms with E-state index >= 15 is 0 Å². The maximum absolute atomic E-state index is 12.8. The van der Waals surface area contributed by atoms with Gasteiger partial charge in [-0.3, -0.25) is 14.4 Å². The highest BCUT2D eigenvalue weighted by Gasteiger charge is 2.23. The minimum atomic E-state index is -2.58. The predicted octanol–water partition coefficient (Wildman–Crippen LogP) is 13.1. The number of carbonyl (C=O) groups excluding carboxylic acids is 3. The molecule has 0 saturated carbocycles. The van der Waals surface area contributed by atoms with E-state index in [1.807, 2.05) is 30.3 Å². The van der Waals surface area contributed by atoms with Crippen molar-refractivity contribution in [2.75, 3.05) is 25.1 Å². The summed E-state index contributed by atoms with van der Waals surface area (Å²) < 4.78 is 99.7. The first-order valence-electron chi connectivity index (χ1n) is 27.8. The average Bonchev–Trinajstić information content (AvgIpc) is 1.25. The minimum Gasteiger partial charge on any atom is -0.477 e. The molecule has 0 unspecified atom stereocenters. The number of benzene rings is 4. The minimum absolute atomic E-state index is 0.0129. The van der Waals surface area contributed by atoms with E-state index < -0.39 is 44.7 Å². The van der Waals surface area contributed by atoms with Gasteiger partial charge in [-0.05, 0) is 106 Å². The maximum Gasteiger partial charge on any atom is 0.488 e. The van der Waals surface area contributed by atoms with Crippen LogP contribution < -0.4 is 16.5 Å². The number of nitrogens with two attached hydrogens (primary N) is 1. The fourth-order valence-corrected chi connectivity index (χ4v) is 8.45. The standard InChI is InChI=1S/C19H18F2N4O2.C13H10ClF2N.C13H12F2N2.C7H7BF2O2.C6H5Cl2N.C6H8N2O3/c1-25-17(26)8-6-15(24-25)19(27)23-16-7-5-13(11-22-16)9-12-3-2-4-14(10-12)18(20)21;14-12-5-4-10(8-17-12)6-9-2-1-3-11(7-9)13(15)16;14-13(15)11-3-1-2-9(7-11)6-10-4-5-12(16)17-8-10;9-7(10)5-2-1-3-6(4-5)8(11)12;7-3-5-1-2-6(8)9-4-5;1-8-5(9)3-2-4(7-8)6(10)11/h2-5,7,10-11,18H,6,8-9H2,1H3,(H,22,23,27);1-5,7-8,13H,6H2;1-5,7-8,13H,6H2,(H2,16,17);1-4,7,11-12H;1-2,4H,3H2;2-3H2,1H3,(H,10,11). The number of pyridine rings is 4. The Kier molecular flexibility index (Phi) is 30.4. The van der Waals surface area contributed by atoms with Crippen LogP contribution >= 0.6 is 34.8 Å². The molecule has 4 aromatic carbocycles. The van der Waals surface area contributed by atoms with Crippen LogP contribution in [0.2, 0.25) is 10.3 Å². The smallest absolute Gasteiger partial charge is 0.477 e. The van der Waals surface area contributed by atoms with Crippen molar-refractivity contribution in [2.24, 2.45) is 10.2 Å². The summed E-state index contributed by atoms with van der Waals surface area (Å²) in [4.78, 5) is 60.7. The fraction of sp³-hybridized carbons (Fsp3) is 0.219. The van der Waals surface area contributed by atoms with E-state index in [2.05, 4.69) is 35.5 Å². The lowest BCUT2D eigenvalue weighted by Crippen LogP contribution is -2.34. The summed E-state index contributed by atoms with van der Waals surface area (Å²) in [6.07, 6.45) is -0.778. The molecule has 488 valence electrons. The molecule has 29 heteroatoms. The zero-order chi connectivity index (χ0) is 68.1. The number of carboxylic acid groups (broad SMARTS) is 1. The van der Waals surface area contributed by atoms with Crippen molar-refractivity contribution in [1.82, 2.24) is 30.0 Å². The number of alkyl halides is 9. The second-order valence-corrected chi connectivity index (χ2v) is 21.0. The Morgan fingerprint density at radius 3 is 1.27 bits per heavy atom. The van der Waals surface area contributed by atoms with Crippen LogP contribution in [0.15, 0.2) is 181 Å². The number of nitrogens with zero attached hydrogens (tertiary/aromatic N) is 8. The highest BCUT2D eigenvalue weighted by atomic mass is 35.5. The maximum atomic E-state index is 12.8. The molecule has 8 aromatic rings. The van der Waals surface area contributed by atoms with Gasteiger partial charge in [-0.25, -0.2) is 69.9 Å². The monoisotopic (exact) mass is 1350 g/mol. The van der Waals surface area contributed by atoms with Crippen LogP contribution in [-0.2, 0) is 44.3 Å². The Labute approximate surface area is 544 Å². The number of rotatable bonds is 15. The van der Waals surface area contributed by atoms with E-state index in [9.17, 15) is 54.3 Å². The van der Waals surface area contributed by atoms with Crippen molar-refractivity contribution in [3.05, 3.63) is 242 Å². The zero-order valence-corrected chi connectivity index (χ0v) is 51.8. The Balaban J connectivity index is 0.000000211. The molecule has 0 saturated heterocycles. The number of aliphatic carboxylic acids is 1. The second-order valence-electron chi connectivity index (χ2n) is 20.0. The van der Waals surface area contributed by atoms with E-state index in [1.165, 1.54) is 68.7 Å². The lowest BCUT2D eigenvalue weighted by molar-refractivity contribution is -0.132. The number of hydrogen-bond donors (Lipinski definition) is 5. The number of aromatic nitrogens is 4. The van der Waals surface area contributed by atoms with Crippen molar-refractivity contribution in [3.63, 3.8) is 0 Å². The summed E-state index contributed by atoms with van der Waals surface area (Å²) in [5.74, 6) is -0.435. The van der Waals surface area contributed by atoms with Gasteiger partial charge in [0.15, 0.2) is 0 Å². The first-order valence-corrected chi connectivity index (χ1v) is 29.1. The van der Waals surface area contributed by atoms with Crippen LogP contribution in [0.3, 0.4) is 0 Å². The summed E-state index contributed by atoms with van der Waals surface area (Å²) in [5.41, 5.74) is 11.9. The van der Waals surface area contributed by atoms with Gasteiger partial charge >= 0.3 is 13.1 Å². The van der Waals surface area contributed by atoms with Crippen LogP contribution in [0.4, 0.5) is 46.8 Å². The van der Waals surface area contributed by atoms with Gasteiger partial charge < -0.3 is 26.2 Å². The SMILES string of the molecule is CN1N=C(C(=O)Nc2ccc(Cc3cccc(C(F)F)c3)cn2)CCC1=O.CN1N=C(C(=O)O)CCC1=O.ClCc1ccc(Cl)nc1.FC(F)c1cccc(Cc2ccc(Cl)nc2)c1.Nc1ccc(Cc2cccc(C(F)F)c2)cn1.OB(O)c1cccc(C(F)F)c1. The lowest BCUT2D eigenvalue weighted by Gasteiger charge is -2.18. The molecular weight excluding hydrogens is 1290 g/mol. The van der Waals surface area contributed by atoms with Gasteiger partial charge in [0.2, 0.25) is 11.8 Å². The molecule has 2 aliphatic heterocycles. The molecule has 10 rings (SSSR count). The van der Waals surface area contributed by atoms with Gasteiger partial charge in [0.25, 0.3) is 31.6 Å². The van der Waals surface area contributed by atoms with Gasteiger partial charge in [0.1, 0.15) is 33.4 Å². The molecule has 3 amide bonds. The topological polar surface area (TPSA) is 250 Å². The van der Waals surface area contributed by atoms with Gasteiger partial charge in [0.05, 0.1) is 0 Å². The Bertz CT molecular complexity index is 3660. The first-order chi connectivity index (χ1) is 44.3. The predicted molar refractivity (Wildman–Crippen MR) is 340 cm³/mol. The third kappa shape index (κ3) is 26.5. The second kappa shape index (κ2) is 38.0. The average molecular weight is 1350 g/mol. The van der Waals surface area contributed by atoms with Crippen LogP contribution in [0, 0.1) is 0 Å². The molecule has 0 aliphatic carbocycles. The van der Waals surface area contributed by atoms with E-state index in [0.717, 1.165) is 55.0 Å². The van der Waals surface area contributed by atoms with Crippen molar-refractivity contribution in [1.29, 1.82) is 0 Å². The summed E-state index contributed by atoms with van der Waals surface area (Å²) >= 11 is 16.7. The van der Waals surface area contributed by atoms with E-state index in [-0.39, 0.29) is 76.6 Å². The molecule has 93 heavy (non-hydrogen) atoms. The highest BCUT2D eigenvalue weighted by Crippen LogP contribution is 2.25. The van der Waals surface area contributed by atoms with Crippen LogP contribution in [0.1, 0.15) is 113 Å². The van der Waals surface area contributed by atoms with Crippen molar-refractivity contribution < 1.29 is 69.5 Å². The van der Waals surface area contributed by atoms with Crippen LogP contribution in [-0.4, -0.2) is 101 Å². The Hall–Kier alpha value is -9.21. The number of nitrogen functional groups attached to an aromatic ring is 1. The number of hydrogen-bond acceptors (Lipinski definition) is 13. The number of carbonyl (C=O) groups is 4. The largest absolute Gasteiger partial charge is 0.488 e. The molecule has 0 bridgehead atoms. The highest BCUT2D eigenvalue weighted by molar-refractivity contribution is 6.58. The van der Waals surface area contributed by atoms with Gasteiger partial charge in [-0.1, -0.05) is 126 Å². The number of carboxylic acids is 1. The van der Waals surface area contributed by atoms with Gasteiger partial charge in [-0.2, -0.15) is 10.2 Å². The third-order valence-electron chi connectivity index (χ3n) is 12.9. The zero-order valence-electron chi connectivity index (χ0n) is 49.5. The molecule has 0 atom stereocenters. The van der Waals surface area contributed by atoms with Crippen molar-refractivity contribution in [2.45, 2.75) is 76.5 Å². The third-order valence-corrected chi connectivity index (χ3v) is 13.6. The Morgan fingerprint density at radius 2 is 0.903 bits per heavy atom. The first kappa shape index (κ1) is 74.5. The molecule has 0 spiro atoms. The molecular formula is C64H60BCl3F8N10O7. The van der Waals surface area contributed by atoms with Crippen LogP contribution in [0.5, 0.6) is 0 Å². The molecule has 6 heterocycles. The van der Waals surface area contributed by atoms with Crippen LogP contribution in [0.25, 0.3) is 0 Å². The summed E-state index contributed by atoms with van der Waals surface area (Å²) in [5, 5.41) is 39.1. The normalized spacial score (nSPS) is 12.5. The number of anilines is 2. The van der Waals surface area contributed by atoms with Crippen molar-refractivity contribution in [3.8, 4) is 0 Å². The molecule has 0 fully saturated rings. The number of halogens is 11. The summed E-state index contributed by atoms with van der Waals surface area (Å²) in [7, 11) is 1.26.